The number of thiocarbonyl (C=S) groups is 1. The number of aromatic hydroxyl groups is 1. The average Bonchev–Trinajstić information content (AvgIpc) is 2.83. The Labute approximate surface area is 146 Å². The molecule has 2 aromatic rings. The molecular weight excluding hydrogens is 353 g/mol. The predicted molar refractivity (Wildman–Crippen MR) is 90.7 cm³/mol. The van der Waals surface area contributed by atoms with Crippen molar-refractivity contribution in [2.75, 3.05) is 4.90 Å². The van der Waals surface area contributed by atoms with E-state index in [9.17, 15) is 23.1 Å². The topological polar surface area (TPSA) is 52.6 Å². The molecule has 128 valence electrons. The van der Waals surface area contributed by atoms with Gasteiger partial charge in [0.2, 0.25) is 0 Å². The van der Waals surface area contributed by atoms with Crippen LogP contribution in [0.4, 0.5) is 18.9 Å². The van der Waals surface area contributed by atoms with E-state index in [0.717, 1.165) is 11.0 Å². The average molecular weight is 364 g/mol. The van der Waals surface area contributed by atoms with Crippen LogP contribution >= 0.6 is 12.2 Å². The van der Waals surface area contributed by atoms with E-state index in [-0.39, 0.29) is 22.2 Å². The van der Waals surface area contributed by atoms with E-state index in [4.69, 9.17) is 12.2 Å². The highest BCUT2D eigenvalue weighted by Gasteiger charge is 2.40. The molecule has 0 aromatic heterocycles. The van der Waals surface area contributed by atoms with E-state index in [0.29, 0.717) is 5.56 Å². The summed E-state index contributed by atoms with van der Waals surface area (Å²) >= 11 is 5.04. The lowest BCUT2D eigenvalue weighted by molar-refractivity contribution is -0.137. The number of nitrogens with zero attached hydrogens (tertiary/aromatic N) is 1. The van der Waals surface area contributed by atoms with Gasteiger partial charge in [0.05, 0.1) is 11.3 Å². The van der Waals surface area contributed by atoms with E-state index in [1.807, 2.05) is 0 Å². The number of hydrogen-bond acceptors (Lipinski definition) is 3. The van der Waals surface area contributed by atoms with Crippen molar-refractivity contribution in [1.29, 1.82) is 0 Å². The highest BCUT2D eigenvalue weighted by atomic mass is 32.1. The van der Waals surface area contributed by atoms with Crippen molar-refractivity contribution in [2.45, 2.75) is 6.18 Å². The quantitative estimate of drug-likeness (QED) is 0.631. The van der Waals surface area contributed by atoms with Gasteiger partial charge in [-0.05, 0) is 48.1 Å². The first-order valence-electron chi connectivity index (χ1n) is 7.10. The van der Waals surface area contributed by atoms with Crippen LogP contribution in [0.25, 0.3) is 6.08 Å². The fraction of sp³-hybridized carbons (Fsp3) is 0.0588. The SMILES string of the molecule is O=C1/C(=C\c2ccc(O)cc2)NC(=S)N1c1ccccc1C(F)(F)F. The Morgan fingerprint density at radius 1 is 1.08 bits per heavy atom. The van der Waals surface area contributed by atoms with Crippen LogP contribution in [0.3, 0.4) is 0 Å². The molecule has 2 N–H and O–H groups in total. The Bertz CT molecular complexity index is 876. The first-order valence-corrected chi connectivity index (χ1v) is 7.50. The molecule has 1 aliphatic rings. The minimum Gasteiger partial charge on any atom is -0.508 e. The summed E-state index contributed by atoms with van der Waals surface area (Å²) in [6.07, 6.45) is -3.17. The monoisotopic (exact) mass is 364 g/mol. The number of carbonyl (C=O) groups excluding carboxylic acids is 1. The third-order valence-corrected chi connectivity index (χ3v) is 3.82. The number of nitrogens with one attached hydrogen (secondary N) is 1. The molecule has 0 unspecified atom stereocenters. The van der Waals surface area contributed by atoms with E-state index >= 15 is 0 Å². The van der Waals surface area contributed by atoms with Crippen molar-refractivity contribution < 1.29 is 23.1 Å². The van der Waals surface area contributed by atoms with Gasteiger partial charge >= 0.3 is 6.18 Å². The van der Waals surface area contributed by atoms with Gasteiger partial charge < -0.3 is 10.4 Å². The van der Waals surface area contributed by atoms with Crippen LogP contribution in [0.5, 0.6) is 5.75 Å². The van der Waals surface area contributed by atoms with Gasteiger partial charge in [0.1, 0.15) is 11.4 Å². The number of hydrogen-bond donors (Lipinski definition) is 2. The Kier molecular flexibility index (Phi) is 4.22. The molecule has 1 amide bonds. The van der Waals surface area contributed by atoms with Crippen molar-refractivity contribution in [3.8, 4) is 5.75 Å². The molecule has 0 bridgehead atoms. The third-order valence-electron chi connectivity index (χ3n) is 3.53. The van der Waals surface area contributed by atoms with Crippen molar-refractivity contribution in [3.63, 3.8) is 0 Å². The van der Waals surface area contributed by atoms with Gasteiger partial charge in [-0.25, -0.2) is 0 Å². The van der Waals surface area contributed by atoms with E-state index in [2.05, 4.69) is 5.32 Å². The number of amides is 1. The molecular formula is C17H11F3N2O2S. The summed E-state index contributed by atoms with van der Waals surface area (Å²) < 4.78 is 39.6. The van der Waals surface area contributed by atoms with Gasteiger partial charge in [0, 0.05) is 0 Å². The Morgan fingerprint density at radius 3 is 2.36 bits per heavy atom. The lowest BCUT2D eigenvalue weighted by atomic mass is 10.1. The van der Waals surface area contributed by atoms with Crippen molar-refractivity contribution in [3.05, 3.63) is 65.4 Å². The largest absolute Gasteiger partial charge is 0.508 e. The van der Waals surface area contributed by atoms with Crippen LogP contribution in [-0.2, 0) is 11.0 Å². The lowest BCUT2D eigenvalue weighted by Crippen LogP contribution is -2.32. The summed E-state index contributed by atoms with van der Waals surface area (Å²) in [5.41, 5.74) is -0.639. The van der Waals surface area contributed by atoms with Crippen molar-refractivity contribution >= 4 is 35.0 Å². The molecule has 0 atom stereocenters. The lowest BCUT2D eigenvalue weighted by Gasteiger charge is -2.19. The zero-order valence-corrected chi connectivity index (χ0v) is 13.4. The predicted octanol–water partition coefficient (Wildman–Crippen LogP) is 3.67. The summed E-state index contributed by atoms with van der Waals surface area (Å²) in [5, 5.41) is 11.8. The maximum absolute atomic E-state index is 13.2. The Balaban J connectivity index is 1.99. The van der Waals surface area contributed by atoms with Crippen LogP contribution < -0.4 is 10.2 Å². The number of rotatable bonds is 2. The second kappa shape index (κ2) is 6.21. The van der Waals surface area contributed by atoms with Crippen LogP contribution in [0, 0.1) is 0 Å². The van der Waals surface area contributed by atoms with Gasteiger partial charge in [-0.1, -0.05) is 24.3 Å². The smallest absolute Gasteiger partial charge is 0.418 e. The summed E-state index contributed by atoms with van der Waals surface area (Å²) in [7, 11) is 0. The fourth-order valence-corrected chi connectivity index (χ4v) is 2.69. The van der Waals surface area contributed by atoms with Crippen LogP contribution in [-0.4, -0.2) is 16.1 Å². The molecule has 1 aliphatic heterocycles. The van der Waals surface area contributed by atoms with Crippen molar-refractivity contribution in [1.82, 2.24) is 5.32 Å². The summed E-state index contributed by atoms with van der Waals surface area (Å²) in [4.78, 5) is 13.4. The standard InChI is InChI=1S/C17H11F3N2O2S/c18-17(19,20)12-3-1-2-4-14(12)22-15(24)13(21-16(22)25)9-10-5-7-11(23)8-6-10/h1-9,23H,(H,21,25)/b13-9+. The highest BCUT2D eigenvalue weighted by Crippen LogP contribution is 2.37. The van der Waals surface area contributed by atoms with Crippen LogP contribution in [0.2, 0.25) is 0 Å². The number of alkyl halides is 3. The molecule has 1 heterocycles. The van der Waals surface area contributed by atoms with Gasteiger partial charge in [-0.15, -0.1) is 0 Å². The second-order valence-electron chi connectivity index (χ2n) is 5.24. The normalized spacial score (nSPS) is 16.4. The molecule has 0 saturated carbocycles. The number of halogens is 3. The molecule has 1 saturated heterocycles. The van der Waals surface area contributed by atoms with Crippen molar-refractivity contribution in [2.24, 2.45) is 0 Å². The Morgan fingerprint density at radius 2 is 1.72 bits per heavy atom. The molecule has 3 rings (SSSR count). The fourth-order valence-electron chi connectivity index (χ4n) is 2.40. The first kappa shape index (κ1) is 17.0. The molecule has 1 fully saturated rings. The number of phenols is 1. The van der Waals surface area contributed by atoms with Gasteiger partial charge in [-0.3, -0.25) is 9.69 Å². The number of anilines is 1. The highest BCUT2D eigenvalue weighted by molar-refractivity contribution is 7.80. The second-order valence-corrected chi connectivity index (χ2v) is 5.62. The van der Waals surface area contributed by atoms with Crippen LogP contribution in [0.15, 0.2) is 54.2 Å². The van der Waals surface area contributed by atoms with E-state index < -0.39 is 17.6 Å². The van der Waals surface area contributed by atoms with Gasteiger partial charge in [-0.2, -0.15) is 13.2 Å². The number of benzene rings is 2. The Hall–Kier alpha value is -2.87. The summed E-state index contributed by atoms with van der Waals surface area (Å²) in [6, 6.07) is 10.7. The number of carbonyl (C=O) groups is 1. The molecule has 25 heavy (non-hydrogen) atoms. The third kappa shape index (κ3) is 3.34. The first-order chi connectivity index (χ1) is 11.8. The number of phenolic OH excluding ortho intramolecular Hbond substituents is 1. The molecule has 4 nitrogen and oxygen atoms in total. The maximum atomic E-state index is 13.2. The zero-order chi connectivity index (χ0) is 18.2. The molecule has 0 radical (unpaired) electrons. The minimum atomic E-state index is -4.62. The minimum absolute atomic E-state index is 0.0488. The molecule has 0 spiro atoms. The molecule has 8 heteroatoms. The summed E-state index contributed by atoms with van der Waals surface area (Å²) in [5.74, 6) is -0.626. The maximum Gasteiger partial charge on any atom is 0.418 e. The zero-order valence-electron chi connectivity index (χ0n) is 12.5. The van der Waals surface area contributed by atoms with Gasteiger partial charge in [0.15, 0.2) is 5.11 Å². The molecule has 2 aromatic carbocycles. The van der Waals surface area contributed by atoms with Crippen LogP contribution in [0.1, 0.15) is 11.1 Å². The van der Waals surface area contributed by atoms with E-state index in [1.54, 1.807) is 12.1 Å². The number of para-hydroxylation sites is 1. The van der Waals surface area contributed by atoms with Gasteiger partial charge in [0.25, 0.3) is 5.91 Å². The van der Waals surface area contributed by atoms with E-state index in [1.165, 1.54) is 36.4 Å². The molecule has 0 aliphatic carbocycles. The summed E-state index contributed by atoms with van der Waals surface area (Å²) in [6.45, 7) is 0.